The van der Waals surface area contributed by atoms with Crippen molar-refractivity contribution in [2.75, 3.05) is 20.1 Å². The summed E-state index contributed by atoms with van der Waals surface area (Å²) in [5, 5.41) is 3.27. The van der Waals surface area contributed by atoms with E-state index >= 15 is 0 Å². The second-order valence-electron chi connectivity index (χ2n) is 4.42. The average Bonchev–Trinajstić information content (AvgIpc) is 2.87. The molecule has 1 saturated carbocycles. The van der Waals surface area contributed by atoms with Gasteiger partial charge in [-0.05, 0) is 25.3 Å². The molecule has 3 heteroatoms. The maximum absolute atomic E-state index is 11.9. The lowest BCUT2D eigenvalue weighted by Gasteiger charge is -2.22. The highest BCUT2D eigenvalue weighted by atomic mass is 16.2. The van der Waals surface area contributed by atoms with Crippen LogP contribution < -0.4 is 5.32 Å². The highest BCUT2D eigenvalue weighted by Gasteiger charge is 2.36. The van der Waals surface area contributed by atoms with E-state index in [4.69, 9.17) is 0 Å². The molecule has 2 unspecified atom stereocenters. The summed E-state index contributed by atoms with van der Waals surface area (Å²) >= 11 is 0. The molecule has 2 atom stereocenters. The Morgan fingerprint density at radius 3 is 2.54 bits per heavy atom. The summed E-state index contributed by atoms with van der Waals surface area (Å²) in [6.45, 7) is 4.02. The third-order valence-electron chi connectivity index (χ3n) is 3.28. The van der Waals surface area contributed by atoms with Gasteiger partial charge in [0.1, 0.15) is 0 Å². The zero-order chi connectivity index (χ0) is 9.42. The van der Waals surface area contributed by atoms with Crippen LogP contribution in [0.1, 0.15) is 19.8 Å². The van der Waals surface area contributed by atoms with Gasteiger partial charge in [-0.25, -0.2) is 0 Å². The van der Waals surface area contributed by atoms with Gasteiger partial charge < -0.3 is 10.2 Å². The van der Waals surface area contributed by atoms with E-state index in [-0.39, 0.29) is 5.92 Å². The lowest BCUT2D eigenvalue weighted by atomic mass is 9.97. The van der Waals surface area contributed by atoms with Crippen LogP contribution in [0.5, 0.6) is 0 Å². The van der Waals surface area contributed by atoms with Crippen LogP contribution in [-0.2, 0) is 4.79 Å². The third-order valence-corrected chi connectivity index (χ3v) is 3.28. The Balaban J connectivity index is 1.94. The van der Waals surface area contributed by atoms with E-state index in [9.17, 15) is 4.79 Å². The van der Waals surface area contributed by atoms with Crippen molar-refractivity contribution >= 4 is 5.91 Å². The zero-order valence-electron chi connectivity index (χ0n) is 8.42. The standard InChI is InChI=1S/C10H18N2O/c1-7-5-11-6-9(7)10(13)12(2)8-3-4-8/h7-9,11H,3-6H2,1-2H3. The first-order valence-corrected chi connectivity index (χ1v) is 5.17. The van der Waals surface area contributed by atoms with E-state index in [2.05, 4.69) is 12.2 Å². The second-order valence-corrected chi connectivity index (χ2v) is 4.42. The first-order valence-electron chi connectivity index (χ1n) is 5.17. The van der Waals surface area contributed by atoms with Gasteiger partial charge in [-0.1, -0.05) is 6.92 Å². The quantitative estimate of drug-likeness (QED) is 0.673. The molecule has 3 nitrogen and oxygen atoms in total. The maximum atomic E-state index is 11.9. The minimum Gasteiger partial charge on any atom is -0.342 e. The van der Waals surface area contributed by atoms with Crippen LogP contribution >= 0.6 is 0 Å². The number of carbonyl (C=O) groups is 1. The molecular weight excluding hydrogens is 164 g/mol. The maximum Gasteiger partial charge on any atom is 0.227 e. The van der Waals surface area contributed by atoms with E-state index in [0.717, 1.165) is 13.1 Å². The molecule has 0 spiro atoms. The smallest absolute Gasteiger partial charge is 0.227 e. The molecule has 1 amide bonds. The molecule has 2 fully saturated rings. The first kappa shape index (κ1) is 9.00. The number of nitrogens with zero attached hydrogens (tertiary/aromatic N) is 1. The molecule has 1 N–H and O–H groups in total. The van der Waals surface area contributed by atoms with Crippen molar-refractivity contribution in [3.8, 4) is 0 Å². The molecule has 13 heavy (non-hydrogen) atoms. The van der Waals surface area contributed by atoms with Crippen molar-refractivity contribution in [1.82, 2.24) is 10.2 Å². The van der Waals surface area contributed by atoms with Crippen molar-refractivity contribution < 1.29 is 4.79 Å². The predicted molar refractivity (Wildman–Crippen MR) is 51.3 cm³/mol. The van der Waals surface area contributed by atoms with Crippen LogP contribution in [0.15, 0.2) is 0 Å². The molecule has 74 valence electrons. The minimum atomic E-state index is 0.227. The summed E-state index contributed by atoms with van der Waals surface area (Å²) in [6, 6.07) is 0.556. The summed E-state index contributed by atoms with van der Waals surface area (Å²) in [4.78, 5) is 13.9. The lowest BCUT2D eigenvalue weighted by molar-refractivity contribution is -0.135. The molecular formula is C10H18N2O. The molecule has 0 aromatic heterocycles. The van der Waals surface area contributed by atoms with Crippen LogP contribution in [0.25, 0.3) is 0 Å². The van der Waals surface area contributed by atoms with Gasteiger partial charge in [-0.15, -0.1) is 0 Å². The van der Waals surface area contributed by atoms with Crippen molar-refractivity contribution in [1.29, 1.82) is 0 Å². The Kier molecular flexibility index (Phi) is 2.28. The summed E-state index contributed by atoms with van der Waals surface area (Å²) in [7, 11) is 1.95. The van der Waals surface area contributed by atoms with Gasteiger partial charge in [0.25, 0.3) is 0 Å². The van der Waals surface area contributed by atoms with Crippen molar-refractivity contribution in [2.24, 2.45) is 11.8 Å². The number of hydrogen-bond donors (Lipinski definition) is 1. The summed E-state index contributed by atoms with van der Waals surface area (Å²) in [6.07, 6.45) is 2.41. The largest absolute Gasteiger partial charge is 0.342 e. The molecule has 0 aromatic carbocycles. The number of carbonyl (C=O) groups excluding carboxylic acids is 1. The van der Waals surface area contributed by atoms with E-state index in [1.165, 1.54) is 12.8 Å². The van der Waals surface area contributed by atoms with Crippen LogP contribution in [0.2, 0.25) is 0 Å². The van der Waals surface area contributed by atoms with E-state index < -0.39 is 0 Å². The molecule has 0 radical (unpaired) electrons. The Morgan fingerprint density at radius 2 is 2.08 bits per heavy atom. The van der Waals surface area contributed by atoms with Gasteiger partial charge in [0.15, 0.2) is 0 Å². The highest BCUT2D eigenvalue weighted by Crippen LogP contribution is 2.28. The highest BCUT2D eigenvalue weighted by molar-refractivity contribution is 5.80. The molecule has 2 rings (SSSR count). The van der Waals surface area contributed by atoms with Crippen molar-refractivity contribution in [2.45, 2.75) is 25.8 Å². The Hall–Kier alpha value is -0.570. The molecule has 1 heterocycles. The Labute approximate surface area is 79.5 Å². The summed E-state index contributed by atoms with van der Waals surface area (Å²) in [5.74, 6) is 1.08. The number of amides is 1. The van der Waals surface area contributed by atoms with Gasteiger partial charge in [0.2, 0.25) is 5.91 Å². The molecule has 1 aliphatic carbocycles. The third kappa shape index (κ3) is 1.70. The van der Waals surface area contributed by atoms with Gasteiger partial charge in [0, 0.05) is 19.6 Å². The number of rotatable bonds is 2. The fourth-order valence-corrected chi connectivity index (χ4v) is 2.04. The van der Waals surface area contributed by atoms with Gasteiger partial charge in [-0.3, -0.25) is 4.79 Å². The van der Waals surface area contributed by atoms with Crippen molar-refractivity contribution in [3.63, 3.8) is 0 Å². The Bertz CT molecular complexity index is 213. The zero-order valence-corrected chi connectivity index (χ0v) is 8.42. The fraction of sp³-hybridized carbons (Fsp3) is 0.900. The average molecular weight is 182 g/mol. The lowest BCUT2D eigenvalue weighted by Crippen LogP contribution is -2.37. The topological polar surface area (TPSA) is 32.3 Å². The predicted octanol–water partition coefficient (Wildman–Crippen LogP) is 0.463. The number of hydrogen-bond acceptors (Lipinski definition) is 2. The molecule has 2 aliphatic rings. The van der Waals surface area contributed by atoms with Gasteiger partial charge in [-0.2, -0.15) is 0 Å². The van der Waals surface area contributed by atoms with E-state index in [1.807, 2.05) is 11.9 Å². The van der Waals surface area contributed by atoms with Crippen LogP contribution in [0.3, 0.4) is 0 Å². The fourth-order valence-electron chi connectivity index (χ4n) is 2.04. The normalized spacial score (nSPS) is 33.4. The molecule has 1 saturated heterocycles. The molecule has 0 aromatic rings. The first-order chi connectivity index (χ1) is 6.20. The van der Waals surface area contributed by atoms with Crippen molar-refractivity contribution in [3.05, 3.63) is 0 Å². The monoisotopic (exact) mass is 182 g/mol. The SMILES string of the molecule is CC1CNCC1C(=O)N(C)C1CC1. The van der Waals surface area contributed by atoms with Gasteiger partial charge in [0.05, 0.1) is 5.92 Å². The van der Waals surface area contributed by atoms with Crippen LogP contribution in [0, 0.1) is 11.8 Å². The summed E-state index contributed by atoms with van der Waals surface area (Å²) in [5.41, 5.74) is 0. The minimum absolute atomic E-state index is 0.227. The second kappa shape index (κ2) is 3.29. The summed E-state index contributed by atoms with van der Waals surface area (Å²) < 4.78 is 0. The van der Waals surface area contributed by atoms with Crippen LogP contribution in [-0.4, -0.2) is 37.0 Å². The van der Waals surface area contributed by atoms with Gasteiger partial charge >= 0.3 is 0 Å². The Morgan fingerprint density at radius 1 is 1.38 bits per heavy atom. The number of nitrogens with one attached hydrogen (secondary N) is 1. The van der Waals surface area contributed by atoms with E-state index in [0.29, 0.717) is 17.9 Å². The molecule has 1 aliphatic heterocycles. The molecule has 0 bridgehead atoms. The van der Waals surface area contributed by atoms with Crippen LogP contribution in [0.4, 0.5) is 0 Å². The van der Waals surface area contributed by atoms with E-state index in [1.54, 1.807) is 0 Å².